The van der Waals surface area contributed by atoms with Gasteiger partial charge in [0.15, 0.2) is 0 Å². The van der Waals surface area contributed by atoms with Gasteiger partial charge in [-0.2, -0.15) is 0 Å². The molecule has 0 radical (unpaired) electrons. The van der Waals surface area contributed by atoms with Crippen LogP contribution in [0.25, 0.3) is 11.0 Å². The Bertz CT molecular complexity index is 1070. The number of carbonyl (C=O) groups excluding carboxylic acids is 2. The third-order valence-corrected chi connectivity index (χ3v) is 5.40. The SMILES string of the molecule is CC(C)N(C(=O)Cn1c(CCCNC(=O)c2ccc(F)cc2)nc2ccccc21)C(C)C. The summed E-state index contributed by atoms with van der Waals surface area (Å²) in [7, 11) is 0. The molecule has 1 N–H and O–H groups in total. The zero-order valence-corrected chi connectivity index (χ0v) is 19.1. The van der Waals surface area contributed by atoms with Gasteiger partial charge in [-0.15, -0.1) is 0 Å². The van der Waals surface area contributed by atoms with Crippen LogP contribution in [0.2, 0.25) is 0 Å². The van der Waals surface area contributed by atoms with Crippen molar-refractivity contribution in [3.05, 3.63) is 65.7 Å². The van der Waals surface area contributed by atoms with Gasteiger partial charge in [-0.3, -0.25) is 9.59 Å². The quantitative estimate of drug-likeness (QED) is 0.510. The van der Waals surface area contributed by atoms with E-state index in [2.05, 4.69) is 5.32 Å². The van der Waals surface area contributed by atoms with Gasteiger partial charge < -0.3 is 14.8 Å². The first-order valence-corrected chi connectivity index (χ1v) is 11.1. The smallest absolute Gasteiger partial charge is 0.251 e. The second-order valence-electron chi connectivity index (χ2n) is 8.46. The molecule has 3 aromatic rings. The molecule has 2 aromatic carbocycles. The Hall–Kier alpha value is -3.22. The second kappa shape index (κ2) is 10.4. The Labute approximate surface area is 188 Å². The van der Waals surface area contributed by atoms with Crippen LogP contribution in [-0.2, 0) is 17.8 Å². The maximum absolute atomic E-state index is 13.1. The van der Waals surface area contributed by atoms with Gasteiger partial charge in [0, 0.05) is 30.6 Å². The van der Waals surface area contributed by atoms with Gasteiger partial charge in [-0.05, 0) is 70.5 Å². The van der Waals surface area contributed by atoms with E-state index in [0.29, 0.717) is 24.9 Å². The third-order valence-electron chi connectivity index (χ3n) is 5.40. The Morgan fingerprint density at radius 2 is 1.69 bits per heavy atom. The zero-order chi connectivity index (χ0) is 23.3. The molecule has 0 saturated carbocycles. The second-order valence-corrected chi connectivity index (χ2v) is 8.46. The zero-order valence-electron chi connectivity index (χ0n) is 19.1. The molecule has 3 rings (SSSR count). The van der Waals surface area contributed by atoms with Crippen LogP contribution in [0.4, 0.5) is 4.39 Å². The number of amides is 2. The molecule has 0 saturated heterocycles. The lowest BCUT2D eigenvalue weighted by molar-refractivity contribution is -0.135. The number of carbonyl (C=O) groups is 2. The number of hydrogen-bond acceptors (Lipinski definition) is 3. The fraction of sp³-hybridized carbons (Fsp3) is 0.400. The number of aryl methyl sites for hydroxylation is 1. The molecule has 1 aromatic heterocycles. The highest BCUT2D eigenvalue weighted by molar-refractivity contribution is 5.94. The van der Waals surface area contributed by atoms with Crippen LogP contribution in [0.5, 0.6) is 0 Å². The minimum absolute atomic E-state index is 0.0593. The number of fused-ring (bicyclic) bond motifs is 1. The Balaban J connectivity index is 1.69. The van der Waals surface area contributed by atoms with E-state index in [1.54, 1.807) is 0 Å². The lowest BCUT2D eigenvalue weighted by atomic mass is 10.2. The highest BCUT2D eigenvalue weighted by Crippen LogP contribution is 2.18. The molecule has 0 bridgehead atoms. The summed E-state index contributed by atoms with van der Waals surface area (Å²) in [5, 5.41) is 2.86. The van der Waals surface area contributed by atoms with E-state index in [4.69, 9.17) is 4.98 Å². The molecule has 0 aliphatic rings. The molecule has 0 atom stereocenters. The predicted molar refractivity (Wildman–Crippen MR) is 124 cm³/mol. The molecule has 7 heteroatoms. The van der Waals surface area contributed by atoms with E-state index in [9.17, 15) is 14.0 Å². The minimum Gasteiger partial charge on any atom is -0.352 e. The normalized spacial score (nSPS) is 11.3. The number of imidazole rings is 1. The van der Waals surface area contributed by atoms with Crippen LogP contribution in [-0.4, -0.2) is 44.9 Å². The molecule has 6 nitrogen and oxygen atoms in total. The summed E-state index contributed by atoms with van der Waals surface area (Å²) >= 11 is 0. The highest BCUT2D eigenvalue weighted by Gasteiger charge is 2.22. The number of nitrogens with zero attached hydrogens (tertiary/aromatic N) is 3. The summed E-state index contributed by atoms with van der Waals surface area (Å²) in [5.41, 5.74) is 2.21. The topological polar surface area (TPSA) is 67.2 Å². The Kier molecular flexibility index (Phi) is 7.62. The number of benzene rings is 2. The standard InChI is InChI=1S/C25H31FN4O2/c1-17(2)30(18(3)4)24(31)16-29-22-9-6-5-8-21(22)28-23(29)10-7-15-27-25(32)19-11-13-20(26)14-12-19/h5-6,8-9,11-14,17-18H,7,10,15-16H2,1-4H3,(H,27,32). The number of aromatic nitrogens is 2. The van der Waals surface area contributed by atoms with Gasteiger partial charge in [0.05, 0.1) is 11.0 Å². The van der Waals surface area contributed by atoms with Gasteiger partial charge in [0.2, 0.25) is 5.91 Å². The molecule has 170 valence electrons. The lowest BCUT2D eigenvalue weighted by Crippen LogP contribution is -2.43. The lowest BCUT2D eigenvalue weighted by Gasteiger charge is -2.31. The van der Waals surface area contributed by atoms with E-state index in [0.717, 1.165) is 16.9 Å². The third kappa shape index (κ3) is 5.52. The van der Waals surface area contributed by atoms with E-state index < -0.39 is 0 Å². The predicted octanol–water partition coefficient (Wildman–Crippen LogP) is 4.18. The fourth-order valence-electron chi connectivity index (χ4n) is 4.03. The molecule has 0 aliphatic heterocycles. The van der Waals surface area contributed by atoms with Crippen molar-refractivity contribution in [3.63, 3.8) is 0 Å². The number of hydrogen-bond donors (Lipinski definition) is 1. The van der Waals surface area contributed by atoms with Crippen LogP contribution < -0.4 is 5.32 Å². The molecule has 0 aliphatic carbocycles. The van der Waals surface area contributed by atoms with Gasteiger partial charge >= 0.3 is 0 Å². The average Bonchev–Trinajstić information content (AvgIpc) is 3.08. The molecular formula is C25H31FN4O2. The van der Waals surface area contributed by atoms with E-state index in [1.807, 2.05) is 61.4 Å². The highest BCUT2D eigenvalue weighted by atomic mass is 19.1. The molecule has 32 heavy (non-hydrogen) atoms. The van der Waals surface area contributed by atoms with Gasteiger partial charge in [0.25, 0.3) is 5.91 Å². The van der Waals surface area contributed by atoms with Crippen molar-refractivity contribution in [1.29, 1.82) is 0 Å². The number of nitrogens with one attached hydrogen (secondary N) is 1. The van der Waals surface area contributed by atoms with Gasteiger partial charge in [0.1, 0.15) is 18.2 Å². The van der Waals surface area contributed by atoms with Crippen molar-refractivity contribution < 1.29 is 14.0 Å². The molecule has 0 spiro atoms. The summed E-state index contributed by atoms with van der Waals surface area (Å²) < 4.78 is 15.0. The number of para-hydroxylation sites is 2. The first kappa shape index (κ1) is 23.4. The number of halogens is 1. The van der Waals surface area contributed by atoms with Crippen molar-refractivity contribution in [2.75, 3.05) is 6.54 Å². The summed E-state index contributed by atoms with van der Waals surface area (Å²) in [6.45, 7) is 8.78. The summed E-state index contributed by atoms with van der Waals surface area (Å²) in [6.07, 6.45) is 1.29. The summed E-state index contributed by atoms with van der Waals surface area (Å²) in [6, 6.07) is 13.5. The minimum atomic E-state index is -0.372. The van der Waals surface area contributed by atoms with E-state index in [-0.39, 0.29) is 36.3 Å². The maximum Gasteiger partial charge on any atom is 0.251 e. The van der Waals surface area contributed by atoms with Gasteiger partial charge in [-0.25, -0.2) is 9.37 Å². The maximum atomic E-state index is 13.1. The van der Waals surface area contributed by atoms with Crippen molar-refractivity contribution in [2.24, 2.45) is 0 Å². The molecule has 0 fully saturated rings. The monoisotopic (exact) mass is 438 g/mol. The van der Waals surface area contributed by atoms with Gasteiger partial charge in [-0.1, -0.05) is 12.1 Å². The molecule has 0 unspecified atom stereocenters. The first-order valence-electron chi connectivity index (χ1n) is 11.1. The van der Waals surface area contributed by atoms with Crippen molar-refractivity contribution in [3.8, 4) is 0 Å². The fourth-order valence-corrected chi connectivity index (χ4v) is 4.03. The van der Waals surface area contributed by atoms with Crippen molar-refractivity contribution in [2.45, 2.75) is 59.2 Å². The van der Waals surface area contributed by atoms with Crippen LogP contribution >= 0.6 is 0 Å². The molecule has 1 heterocycles. The van der Waals surface area contributed by atoms with Crippen molar-refractivity contribution in [1.82, 2.24) is 19.8 Å². The summed E-state index contributed by atoms with van der Waals surface area (Å²) in [4.78, 5) is 31.9. The molecular weight excluding hydrogens is 407 g/mol. The van der Waals surface area contributed by atoms with Crippen LogP contribution in [0, 0.1) is 5.82 Å². The Morgan fingerprint density at radius 1 is 1.03 bits per heavy atom. The van der Waals surface area contributed by atoms with Crippen molar-refractivity contribution >= 4 is 22.8 Å². The largest absolute Gasteiger partial charge is 0.352 e. The van der Waals surface area contributed by atoms with Crippen LogP contribution in [0.1, 0.15) is 50.3 Å². The first-order chi connectivity index (χ1) is 15.3. The average molecular weight is 439 g/mol. The molecule has 2 amide bonds. The summed E-state index contributed by atoms with van der Waals surface area (Å²) in [5.74, 6) is 0.272. The van der Waals surface area contributed by atoms with E-state index >= 15 is 0 Å². The Morgan fingerprint density at radius 3 is 2.34 bits per heavy atom. The van der Waals surface area contributed by atoms with Crippen LogP contribution in [0.3, 0.4) is 0 Å². The van der Waals surface area contributed by atoms with E-state index in [1.165, 1.54) is 24.3 Å². The number of rotatable bonds is 9. The van der Waals surface area contributed by atoms with Crippen LogP contribution in [0.15, 0.2) is 48.5 Å².